The Labute approximate surface area is 304 Å². The minimum atomic E-state index is -1.57. The van der Waals surface area contributed by atoms with E-state index in [2.05, 4.69) is 10.6 Å². The summed E-state index contributed by atoms with van der Waals surface area (Å²) in [7, 11) is 0. The SMILES string of the molecule is Cc1ccc(C(O)(c2ccc(C)cc2)[C@H](NC(=O)C2(C(=O)N[C@H](C(C)C)C(O)(c3ccc(C)cc3)c3ccc(C)cc3)CCCC2)C(C)C)cc1. The number of nitrogens with one attached hydrogen (secondary N) is 2. The third kappa shape index (κ3) is 7.40. The normalized spacial score (nSPS) is 15.8. The summed E-state index contributed by atoms with van der Waals surface area (Å²) in [5.74, 6) is -1.18. The lowest BCUT2D eigenvalue weighted by Gasteiger charge is -2.43. The van der Waals surface area contributed by atoms with Gasteiger partial charge in [0.15, 0.2) is 0 Å². The molecule has 5 rings (SSSR count). The first-order valence-electron chi connectivity index (χ1n) is 18.5. The average Bonchev–Trinajstić information content (AvgIpc) is 3.61. The number of hydrogen-bond acceptors (Lipinski definition) is 4. The minimum absolute atomic E-state index is 0.195. The van der Waals surface area contributed by atoms with Crippen molar-refractivity contribution in [3.05, 3.63) is 142 Å². The van der Waals surface area contributed by atoms with Gasteiger partial charge in [0.05, 0.1) is 12.1 Å². The Morgan fingerprint density at radius 1 is 0.510 bits per heavy atom. The highest BCUT2D eigenvalue weighted by atomic mass is 16.3. The molecule has 1 aliphatic rings. The molecular formula is C45H56N2O4. The lowest BCUT2D eigenvalue weighted by atomic mass is 9.73. The fraction of sp³-hybridized carbons (Fsp3) is 0.422. The van der Waals surface area contributed by atoms with E-state index < -0.39 is 40.5 Å². The van der Waals surface area contributed by atoms with Crippen LogP contribution in [-0.4, -0.2) is 34.1 Å². The molecule has 1 aliphatic carbocycles. The number of aryl methyl sites for hydroxylation is 4. The number of rotatable bonds is 12. The van der Waals surface area contributed by atoms with E-state index >= 15 is 0 Å². The quantitative estimate of drug-likeness (QED) is 0.114. The van der Waals surface area contributed by atoms with Crippen LogP contribution in [0, 0.1) is 44.9 Å². The lowest BCUT2D eigenvalue weighted by Crippen LogP contribution is -2.62. The number of amides is 2. The van der Waals surface area contributed by atoms with E-state index in [9.17, 15) is 19.8 Å². The summed E-state index contributed by atoms with van der Waals surface area (Å²) in [5, 5.41) is 32.2. The summed E-state index contributed by atoms with van der Waals surface area (Å²) in [5.41, 5.74) is 2.41. The van der Waals surface area contributed by atoms with Crippen molar-refractivity contribution in [1.82, 2.24) is 10.6 Å². The van der Waals surface area contributed by atoms with Crippen LogP contribution < -0.4 is 10.6 Å². The number of hydrogen-bond donors (Lipinski definition) is 4. The fourth-order valence-corrected chi connectivity index (χ4v) is 7.88. The molecule has 0 aliphatic heterocycles. The maximum absolute atomic E-state index is 14.8. The number of benzene rings is 4. The molecule has 1 saturated carbocycles. The van der Waals surface area contributed by atoms with Crippen LogP contribution in [0.5, 0.6) is 0 Å². The number of aliphatic hydroxyl groups is 2. The predicted octanol–water partition coefficient (Wildman–Crippen LogP) is 7.93. The highest BCUT2D eigenvalue weighted by Crippen LogP contribution is 2.43. The second kappa shape index (κ2) is 15.1. The van der Waals surface area contributed by atoms with E-state index in [1.807, 2.05) is 152 Å². The molecule has 270 valence electrons. The van der Waals surface area contributed by atoms with Crippen molar-refractivity contribution in [2.24, 2.45) is 17.3 Å². The molecule has 0 radical (unpaired) electrons. The van der Waals surface area contributed by atoms with Gasteiger partial charge < -0.3 is 20.8 Å². The minimum Gasteiger partial charge on any atom is -0.378 e. The van der Waals surface area contributed by atoms with Gasteiger partial charge in [0.2, 0.25) is 11.8 Å². The van der Waals surface area contributed by atoms with Gasteiger partial charge in [0.1, 0.15) is 16.6 Å². The van der Waals surface area contributed by atoms with Crippen molar-refractivity contribution in [2.45, 2.75) is 104 Å². The Morgan fingerprint density at radius 3 is 0.961 bits per heavy atom. The second-order valence-electron chi connectivity index (χ2n) is 15.7. The Kier molecular flexibility index (Phi) is 11.3. The molecule has 51 heavy (non-hydrogen) atoms. The van der Waals surface area contributed by atoms with Gasteiger partial charge in [-0.25, -0.2) is 0 Å². The van der Waals surface area contributed by atoms with Crippen LogP contribution in [0.3, 0.4) is 0 Å². The Morgan fingerprint density at radius 2 is 0.745 bits per heavy atom. The van der Waals surface area contributed by atoms with Crippen LogP contribution in [0.25, 0.3) is 0 Å². The zero-order valence-electron chi connectivity index (χ0n) is 31.6. The van der Waals surface area contributed by atoms with Gasteiger partial charge in [0.25, 0.3) is 0 Å². The molecule has 1 fully saturated rings. The molecular weight excluding hydrogens is 633 g/mol. The zero-order valence-corrected chi connectivity index (χ0v) is 31.6. The van der Waals surface area contributed by atoms with E-state index in [1.54, 1.807) is 0 Å². The molecule has 0 saturated heterocycles. The van der Waals surface area contributed by atoms with Crippen molar-refractivity contribution >= 4 is 11.8 Å². The van der Waals surface area contributed by atoms with Crippen molar-refractivity contribution in [3.8, 4) is 0 Å². The van der Waals surface area contributed by atoms with Crippen LogP contribution in [0.1, 0.15) is 97.9 Å². The molecule has 4 aromatic rings. The maximum atomic E-state index is 14.8. The van der Waals surface area contributed by atoms with E-state index in [-0.39, 0.29) is 11.8 Å². The second-order valence-corrected chi connectivity index (χ2v) is 15.7. The summed E-state index contributed by atoms with van der Waals surface area (Å²) in [6.45, 7) is 15.9. The summed E-state index contributed by atoms with van der Waals surface area (Å²) in [6, 6.07) is 29.6. The molecule has 4 aromatic carbocycles. The highest BCUT2D eigenvalue weighted by Gasteiger charge is 2.53. The molecule has 6 heteroatoms. The van der Waals surface area contributed by atoms with Gasteiger partial charge >= 0.3 is 0 Å². The van der Waals surface area contributed by atoms with Crippen LogP contribution in [-0.2, 0) is 20.8 Å². The summed E-state index contributed by atoms with van der Waals surface area (Å²) in [6.07, 6.45) is 2.20. The summed E-state index contributed by atoms with van der Waals surface area (Å²) in [4.78, 5) is 29.6. The van der Waals surface area contributed by atoms with Gasteiger partial charge in [-0.05, 0) is 74.6 Å². The van der Waals surface area contributed by atoms with Crippen molar-refractivity contribution in [2.75, 3.05) is 0 Å². The molecule has 2 amide bonds. The maximum Gasteiger partial charge on any atom is 0.236 e. The molecule has 2 atom stereocenters. The van der Waals surface area contributed by atoms with Crippen LogP contribution in [0.4, 0.5) is 0 Å². The molecule has 0 spiro atoms. The van der Waals surface area contributed by atoms with Crippen LogP contribution >= 0.6 is 0 Å². The molecule has 0 bridgehead atoms. The van der Waals surface area contributed by atoms with Gasteiger partial charge in [-0.3, -0.25) is 9.59 Å². The Balaban J connectivity index is 1.55. The highest BCUT2D eigenvalue weighted by molar-refractivity contribution is 6.05. The van der Waals surface area contributed by atoms with Crippen molar-refractivity contribution < 1.29 is 19.8 Å². The third-order valence-corrected chi connectivity index (χ3v) is 11.1. The fourth-order valence-electron chi connectivity index (χ4n) is 7.88. The first kappa shape index (κ1) is 38.0. The first-order valence-corrected chi connectivity index (χ1v) is 18.5. The molecule has 6 nitrogen and oxygen atoms in total. The number of carbonyl (C=O) groups excluding carboxylic acids is 2. The van der Waals surface area contributed by atoms with Crippen LogP contribution in [0.15, 0.2) is 97.1 Å². The lowest BCUT2D eigenvalue weighted by molar-refractivity contribution is -0.147. The average molecular weight is 689 g/mol. The summed E-state index contributed by atoms with van der Waals surface area (Å²) >= 11 is 0. The largest absolute Gasteiger partial charge is 0.378 e. The van der Waals surface area contributed by atoms with Gasteiger partial charge in [-0.2, -0.15) is 0 Å². The molecule has 0 aromatic heterocycles. The third-order valence-electron chi connectivity index (χ3n) is 11.1. The Bertz CT molecular complexity index is 1570. The molecule has 0 heterocycles. The smallest absolute Gasteiger partial charge is 0.236 e. The van der Waals surface area contributed by atoms with E-state index in [0.717, 1.165) is 35.1 Å². The van der Waals surface area contributed by atoms with Crippen LogP contribution in [0.2, 0.25) is 0 Å². The standard InChI is InChI=1S/C45H56N2O4/c1-29(2)39(44(50,35-19-11-31(5)12-20-35)36-21-13-32(6)14-22-36)46-41(48)43(27-9-10-28-43)42(49)47-40(30(3)4)45(51,37-23-15-33(7)16-24-37)38-25-17-34(8)18-26-38/h11-26,29-30,39-40,50-51H,9-10,27-28H2,1-8H3,(H,46,48)(H,47,49)/t39-,40-/m1/s1. The number of carbonyl (C=O) groups is 2. The van der Waals surface area contributed by atoms with E-state index in [0.29, 0.717) is 35.1 Å². The zero-order chi connectivity index (χ0) is 37.1. The summed E-state index contributed by atoms with van der Waals surface area (Å²) < 4.78 is 0. The predicted molar refractivity (Wildman–Crippen MR) is 205 cm³/mol. The monoisotopic (exact) mass is 688 g/mol. The van der Waals surface area contributed by atoms with E-state index in [4.69, 9.17) is 0 Å². The molecule has 0 unspecified atom stereocenters. The topological polar surface area (TPSA) is 98.7 Å². The van der Waals surface area contributed by atoms with Crippen molar-refractivity contribution in [3.63, 3.8) is 0 Å². The first-order chi connectivity index (χ1) is 24.1. The van der Waals surface area contributed by atoms with Gasteiger partial charge in [0, 0.05) is 0 Å². The van der Waals surface area contributed by atoms with E-state index in [1.165, 1.54) is 0 Å². The molecule has 4 N–H and O–H groups in total. The Hall–Kier alpha value is -4.26. The van der Waals surface area contributed by atoms with Gasteiger partial charge in [-0.15, -0.1) is 0 Å². The van der Waals surface area contributed by atoms with Crippen molar-refractivity contribution in [1.29, 1.82) is 0 Å². The van der Waals surface area contributed by atoms with Gasteiger partial charge in [-0.1, -0.05) is 160 Å².